The Morgan fingerprint density at radius 3 is 1.51 bits per heavy atom. The molecule has 2 heterocycles. The van der Waals surface area contributed by atoms with Gasteiger partial charge in [-0.3, -0.25) is 0 Å². The molecule has 0 fully saturated rings. The van der Waals surface area contributed by atoms with Crippen molar-refractivity contribution in [3.63, 3.8) is 0 Å². The van der Waals surface area contributed by atoms with Crippen LogP contribution in [0.4, 0.5) is 0 Å². The molecule has 61 heavy (non-hydrogen) atoms. The van der Waals surface area contributed by atoms with Crippen molar-refractivity contribution >= 4 is 27.5 Å². The van der Waals surface area contributed by atoms with Crippen LogP contribution in [0.15, 0.2) is 222 Å². The van der Waals surface area contributed by atoms with Crippen LogP contribution in [0.3, 0.4) is 0 Å². The molecule has 2 atom stereocenters. The van der Waals surface area contributed by atoms with Crippen LogP contribution in [0.1, 0.15) is 30.1 Å². The van der Waals surface area contributed by atoms with E-state index < -0.39 is 0 Å². The number of fused-ring (bicyclic) bond motifs is 3. The van der Waals surface area contributed by atoms with Gasteiger partial charge in [-0.1, -0.05) is 206 Å². The van der Waals surface area contributed by atoms with Gasteiger partial charge in [0.1, 0.15) is 11.2 Å². The summed E-state index contributed by atoms with van der Waals surface area (Å²) in [5.41, 5.74) is 14.3. The summed E-state index contributed by atoms with van der Waals surface area (Å²) in [6, 6.07) is 61.8. The highest BCUT2D eigenvalue weighted by Crippen LogP contribution is 2.41. The topological polar surface area (TPSA) is 51.8 Å². The van der Waals surface area contributed by atoms with E-state index in [1.54, 1.807) is 0 Å². The molecular weight excluding hydrogens is 743 g/mol. The van der Waals surface area contributed by atoms with Gasteiger partial charge < -0.3 is 4.42 Å². The third-order valence-electron chi connectivity index (χ3n) is 12.1. The Bertz CT molecular complexity index is 3160. The van der Waals surface area contributed by atoms with Crippen LogP contribution in [0.2, 0.25) is 0 Å². The fourth-order valence-electron chi connectivity index (χ4n) is 8.78. The normalized spacial score (nSPS) is 16.1. The maximum Gasteiger partial charge on any atom is 0.164 e. The number of para-hydroxylation sites is 1. The number of aromatic nitrogens is 3. The molecule has 0 saturated carbocycles. The molecule has 7 aromatic carbocycles. The SMILES string of the molecule is C1=CCC(C2=CC(c3nc(-c4ccc(-c5ccccc5)cc4)nc(-c4ccc(-c5ccc(-c6ccccc6)cc5)cc4)n3)=CC(c3ccc4c(c3)oc3ccccc34)C2)C=C1. The van der Waals surface area contributed by atoms with Gasteiger partial charge in [-0.25, -0.2) is 15.0 Å². The van der Waals surface area contributed by atoms with Crippen molar-refractivity contribution in [3.05, 3.63) is 229 Å². The third kappa shape index (κ3) is 7.34. The largest absolute Gasteiger partial charge is 0.456 e. The Kier molecular flexibility index (Phi) is 9.44. The second kappa shape index (κ2) is 15.8. The number of benzene rings is 7. The van der Waals surface area contributed by atoms with Crippen LogP contribution >= 0.6 is 0 Å². The molecule has 11 rings (SSSR count). The molecule has 2 aliphatic carbocycles. The lowest BCUT2D eigenvalue weighted by Gasteiger charge is -2.26. The van der Waals surface area contributed by atoms with Gasteiger partial charge in [0.2, 0.25) is 0 Å². The summed E-state index contributed by atoms with van der Waals surface area (Å²) in [6.45, 7) is 0. The van der Waals surface area contributed by atoms with Crippen LogP contribution in [0, 0.1) is 5.92 Å². The third-order valence-corrected chi connectivity index (χ3v) is 12.1. The molecule has 4 nitrogen and oxygen atoms in total. The number of nitrogens with zero attached hydrogens (tertiary/aromatic N) is 3. The van der Waals surface area contributed by atoms with Crippen molar-refractivity contribution in [1.29, 1.82) is 0 Å². The van der Waals surface area contributed by atoms with E-state index in [1.807, 2.05) is 24.3 Å². The Labute approximate surface area is 355 Å². The molecule has 9 aromatic rings. The Balaban J connectivity index is 1.00. The van der Waals surface area contributed by atoms with E-state index in [1.165, 1.54) is 27.8 Å². The van der Waals surface area contributed by atoms with Gasteiger partial charge >= 0.3 is 0 Å². The zero-order chi connectivity index (χ0) is 40.5. The number of furan rings is 1. The van der Waals surface area contributed by atoms with Gasteiger partial charge in [-0.05, 0) is 63.9 Å². The molecule has 0 radical (unpaired) electrons. The van der Waals surface area contributed by atoms with E-state index in [9.17, 15) is 0 Å². The second-order valence-electron chi connectivity index (χ2n) is 15.9. The summed E-state index contributed by atoms with van der Waals surface area (Å²) in [4.78, 5) is 15.7. The maximum atomic E-state index is 6.38. The molecule has 0 aliphatic heterocycles. The summed E-state index contributed by atoms with van der Waals surface area (Å²) < 4.78 is 6.38. The fraction of sp³-hybridized carbons (Fsp3) is 0.0702. The molecule has 2 aliphatic rings. The molecule has 0 saturated heterocycles. The zero-order valence-electron chi connectivity index (χ0n) is 33.5. The summed E-state index contributed by atoms with van der Waals surface area (Å²) in [5, 5.41) is 2.27. The van der Waals surface area contributed by atoms with Gasteiger partial charge in [0.15, 0.2) is 17.5 Å². The molecule has 0 bridgehead atoms. The minimum atomic E-state index is 0.105. The van der Waals surface area contributed by atoms with E-state index in [-0.39, 0.29) is 5.92 Å². The first-order valence-electron chi connectivity index (χ1n) is 21.0. The van der Waals surface area contributed by atoms with Crippen LogP contribution in [-0.2, 0) is 0 Å². The molecule has 290 valence electrons. The van der Waals surface area contributed by atoms with Crippen molar-refractivity contribution in [1.82, 2.24) is 15.0 Å². The fourth-order valence-corrected chi connectivity index (χ4v) is 8.78. The average molecular weight is 784 g/mol. The second-order valence-corrected chi connectivity index (χ2v) is 15.9. The number of rotatable bonds is 8. The van der Waals surface area contributed by atoms with Gasteiger partial charge in [0, 0.05) is 39.3 Å². The zero-order valence-corrected chi connectivity index (χ0v) is 33.5. The first kappa shape index (κ1) is 36.4. The minimum absolute atomic E-state index is 0.105. The van der Waals surface area contributed by atoms with E-state index in [4.69, 9.17) is 19.4 Å². The molecule has 0 N–H and O–H groups in total. The quantitative estimate of drug-likeness (QED) is 0.154. The summed E-state index contributed by atoms with van der Waals surface area (Å²) in [6.07, 6.45) is 15.4. The van der Waals surface area contributed by atoms with Crippen molar-refractivity contribution in [3.8, 4) is 56.2 Å². The van der Waals surface area contributed by atoms with Crippen molar-refractivity contribution < 1.29 is 4.42 Å². The van der Waals surface area contributed by atoms with Crippen molar-refractivity contribution in [2.45, 2.75) is 18.8 Å². The first-order chi connectivity index (χ1) is 30.2. The molecule has 0 spiro atoms. The van der Waals surface area contributed by atoms with Crippen LogP contribution in [0.25, 0.3) is 83.7 Å². The monoisotopic (exact) mass is 783 g/mol. The smallest absolute Gasteiger partial charge is 0.164 e. The first-order valence-corrected chi connectivity index (χ1v) is 21.0. The number of hydrogen-bond donors (Lipinski definition) is 0. The van der Waals surface area contributed by atoms with Crippen LogP contribution < -0.4 is 0 Å². The lowest BCUT2D eigenvalue weighted by molar-refractivity contribution is 0.662. The van der Waals surface area contributed by atoms with E-state index in [0.29, 0.717) is 23.4 Å². The highest BCUT2D eigenvalue weighted by Gasteiger charge is 2.25. The summed E-state index contributed by atoms with van der Waals surface area (Å²) in [5.74, 6) is 2.35. The average Bonchev–Trinajstić information content (AvgIpc) is 3.73. The molecule has 4 heteroatoms. The number of allylic oxidation sites excluding steroid dienone is 8. The van der Waals surface area contributed by atoms with Gasteiger partial charge in [0.25, 0.3) is 0 Å². The van der Waals surface area contributed by atoms with Crippen LogP contribution in [-0.4, -0.2) is 15.0 Å². The standard InChI is InChI=1S/C57H41N3O/c1-4-12-38(13-5-1)41-20-22-43(23-21-41)44-26-30-46(31-27-44)56-58-55(45-28-24-42(25-29-45)39-14-6-2-7-15-39)59-57(60-56)50-35-48(40-16-8-3-9-17-40)34-49(36-50)47-32-33-52-51-18-10-11-19-53(51)61-54(52)37-47/h1-16,18-33,35-37,40,49H,17,34H2. The summed E-state index contributed by atoms with van der Waals surface area (Å²) >= 11 is 0. The predicted octanol–water partition coefficient (Wildman–Crippen LogP) is 14.7. The Morgan fingerprint density at radius 2 is 0.934 bits per heavy atom. The van der Waals surface area contributed by atoms with Gasteiger partial charge in [-0.15, -0.1) is 0 Å². The molecule has 2 aromatic heterocycles. The number of hydrogen-bond acceptors (Lipinski definition) is 4. The van der Waals surface area contributed by atoms with E-state index >= 15 is 0 Å². The lowest BCUT2D eigenvalue weighted by atomic mass is 9.78. The summed E-state index contributed by atoms with van der Waals surface area (Å²) in [7, 11) is 0. The predicted molar refractivity (Wildman–Crippen MR) is 251 cm³/mol. The Hall–Kier alpha value is -7.69. The van der Waals surface area contributed by atoms with E-state index in [0.717, 1.165) is 68.2 Å². The van der Waals surface area contributed by atoms with E-state index in [2.05, 4.69) is 188 Å². The minimum Gasteiger partial charge on any atom is -0.456 e. The van der Waals surface area contributed by atoms with Gasteiger partial charge in [-0.2, -0.15) is 0 Å². The van der Waals surface area contributed by atoms with Crippen molar-refractivity contribution in [2.24, 2.45) is 5.92 Å². The maximum absolute atomic E-state index is 6.38. The molecule has 0 amide bonds. The van der Waals surface area contributed by atoms with Gasteiger partial charge in [0.05, 0.1) is 0 Å². The highest BCUT2D eigenvalue weighted by atomic mass is 16.3. The van der Waals surface area contributed by atoms with Crippen molar-refractivity contribution in [2.75, 3.05) is 0 Å². The molecule has 2 unspecified atom stereocenters. The highest BCUT2D eigenvalue weighted by molar-refractivity contribution is 6.05. The van der Waals surface area contributed by atoms with Crippen LogP contribution in [0.5, 0.6) is 0 Å². The lowest BCUT2D eigenvalue weighted by Crippen LogP contribution is -2.12. The Morgan fingerprint density at radius 1 is 0.426 bits per heavy atom. The molecular formula is C57H41N3O.